The lowest BCUT2D eigenvalue weighted by atomic mass is 10.1. The van der Waals surface area contributed by atoms with Crippen LogP contribution < -0.4 is 0 Å². The lowest BCUT2D eigenvalue weighted by Gasteiger charge is -2.17. The number of likely N-dealkylation sites (tertiary alicyclic amines) is 1. The molecule has 1 unspecified atom stereocenters. The average molecular weight is 157 g/mol. The second kappa shape index (κ2) is 4.07. The molecule has 0 aliphatic carbocycles. The fourth-order valence-electron chi connectivity index (χ4n) is 1.87. The summed E-state index contributed by atoms with van der Waals surface area (Å²) in [5, 5.41) is 0. The Kier molecular flexibility index (Phi) is 3.34. The second-order valence-electron chi connectivity index (χ2n) is 3.48. The minimum Gasteiger partial charge on any atom is -0.380 e. The molecule has 1 heterocycles. The Bertz CT molecular complexity index is 116. The van der Waals surface area contributed by atoms with Crippen molar-refractivity contribution in [2.45, 2.75) is 38.3 Å². The fraction of sp³-hybridized carbons (Fsp3) is 1.00. The molecule has 0 radical (unpaired) electrons. The van der Waals surface area contributed by atoms with E-state index in [1.807, 2.05) is 7.11 Å². The van der Waals surface area contributed by atoms with E-state index in [1.165, 1.54) is 19.3 Å². The highest BCUT2D eigenvalue weighted by Gasteiger charge is 2.28. The topological polar surface area (TPSA) is 12.5 Å². The van der Waals surface area contributed by atoms with Crippen LogP contribution in [0.2, 0.25) is 0 Å². The first kappa shape index (κ1) is 9.01. The van der Waals surface area contributed by atoms with E-state index in [9.17, 15) is 0 Å². The summed E-state index contributed by atoms with van der Waals surface area (Å²) in [7, 11) is 4.01. The molecule has 0 N–H and O–H groups in total. The second-order valence-corrected chi connectivity index (χ2v) is 3.48. The van der Waals surface area contributed by atoms with E-state index in [0.29, 0.717) is 6.10 Å². The Hall–Kier alpha value is -0.0800. The molecular formula is C9H19NO. The molecule has 1 fully saturated rings. The number of hydrogen-bond donors (Lipinski definition) is 0. The van der Waals surface area contributed by atoms with Crippen LogP contribution in [0.4, 0.5) is 0 Å². The van der Waals surface area contributed by atoms with Crippen LogP contribution in [-0.4, -0.2) is 37.7 Å². The summed E-state index contributed by atoms with van der Waals surface area (Å²) < 4.78 is 5.32. The van der Waals surface area contributed by atoms with E-state index in [-0.39, 0.29) is 0 Å². The predicted octanol–water partition coefficient (Wildman–Crippen LogP) is 1.51. The van der Waals surface area contributed by atoms with Gasteiger partial charge >= 0.3 is 0 Å². The highest BCUT2D eigenvalue weighted by molar-refractivity contribution is 4.83. The Morgan fingerprint density at radius 2 is 2.27 bits per heavy atom. The van der Waals surface area contributed by atoms with Gasteiger partial charge in [-0.25, -0.2) is 0 Å². The maximum atomic E-state index is 5.32. The molecule has 66 valence electrons. The molecular weight excluding hydrogens is 138 g/mol. The minimum atomic E-state index is 0.483. The van der Waals surface area contributed by atoms with Crippen LogP contribution in [0.3, 0.4) is 0 Å². The predicted molar refractivity (Wildman–Crippen MR) is 46.7 cm³/mol. The van der Waals surface area contributed by atoms with Crippen LogP contribution in [0.5, 0.6) is 0 Å². The zero-order valence-electron chi connectivity index (χ0n) is 7.84. The van der Waals surface area contributed by atoms with Crippen molar-refractivity contribution in [3.05, 3.63) is 0 Å². The zero-order valence-corrected chi connectivity index (χ0v) is 7.84. The summed E-state index contributed by atoms with van der Waals surface area (Å²) in [6.07, 6.45) is 4.30. The average Bonchev–Trinajstić information content (AvgIpc) is 2.33. The summed E-state index contributed by atoms with van der Waals surface area (Å²) >= 11 is 0. The van der Waals surface area contributed by atoms with Crippen molar-refractivity contribution in [1.29, 1.82) is 0 Å². The van der Waals surface area contributed by atoms with E-state index in [2.05, 4.69) is 18.9 Å². The van der Waals surface area contributed by atoms with Gasteiger partial charge in [-0.15, -0.1) is 0 Å². The van der Waals surface area contributed by atoms with Crippen LogP contribution >= 0.6 is 0 Å². The van der Waals surface area contributed by atoms with Gasteiger partial charge in [0, 0.05) is 19.7 Å². The molecule has 0 aromatic heterocycles. The van der Waals surface area contributed by atoms with Gasteiger partial charge in [-0.2, -0.15) is 0 Å². The summed E-state index contributed by atoms with van der Waals surface area (Å²) in [6.45, 7) is 3.36. The third kappa shape index (κ3) is 2.17. The Balaban J connectivity index is 2.32. The van der Waals surface area contributed by atoms with E-state index in [4.69, 9.17) is 4.74 Å². The smallest absolute Gasteiger partial charge is 0.0713 e. The highest BCUT2D eigenvalue weighted by Crippen LogP contribution is 2.21. The van der Waals surface area contributed by atoms with Gasteiger partial charge < -0.3 is 9.64 Å². The third-order valence-corrected chi connectivity index (χ3v) is 2.61. The largest absolute Gasteiger partial charge is 0.380 e. The van der Waals surface area contributed by atoms with Crippen molar-refractivity contribution in [3.63, 3.8) is 0 Å². The zero-order chi connectivity index (χ0) is 8.27. The van der Waals surface area contributed by atoms with E-state index in [1.54, 1.807) is 0 Å². The molecule has 0 aromatic carbocycles. The summed E-state index contributed by atoms with van der Waals surface area (Å²) in [5.74, 6) is 0. The van der Waals surface area contributed by atoms with Gasteiger partial charge in [-0.3, -0.25) is 0 Å². The van der Waals surface area contributed by atoms with E-state index >= 15 is 0 Å². The van der Waals surface area contributed by atoms with Gasteiger partial charge in [-0.05, 0) is 19.9 Å². The van der Waals surface area contributed by atoms with Crippen molar-refractivity contribution in [3.8, 4) is 0 Å². The molecule has 0 bridgehead atoms. The van der Waals surface area contributed by atoms with Crippen LogP contribution in [0, 0.1) is 0 Å². The van der Waals surface area contributed by atoms with E-state index < -0.39 is 0 Å². The molecule has 0 saturated carbocycles. The van der Waals surface area contributed by atoms with Gasteiger partial charge in [0.05, 0.1) is 6.10 Å². The molecule has 0 spiro atoms. The van der Waals surface area contributed by atoms with Crippen molar-refractivity contribution in [2.75, 3.05) is 20.7 Å². The maximum Gasteiger partial charge on any atom is 0.0713 e. The Morgan fingerprint density at radius 1 is 1.55 bits per heavy atom. The first-order valence-corrected chi connectivity index (χ1v) is 4.51. The lowest BCUT2D eigenvalue weighted by Crippen LogP contribution is -2.24. The Morgan fingerprint density at radius 3 is 2.73 bits per heavy atom. The third-order valence-electron chi connectivity index (χ3n) is 2.61. The maximum absolute atomic E-state index is 5.32. The summed E-state index contributed by atoms with van der Waals surface area (Å²) in [6, 6.07) is 0.768. The molecule has 0 aromatic rings. The number of hydrogen-bond acceptors (Lipinski definition) is 2. The molecule has 2 nitrogen and oxygen atoms in total. The molecule has 2 atom stereocenters. The van der Waals surface area contributed by atoms with Crippen LogP contribution in [0.15, 0.2) is 0 Å². The number of likely N-dealkylation sites (N-methyl/N-ethyl adjacent to an activating group) is 1. The van der Waals surface area contributed by atoms with Gasteiger partial charge in [0.15, 0.2) is 0 Å². The minimum absolute atomic E-state index is 0.483. The fourth-order valence-corrected chi connectivity index (χ4v) is 1.87. The van der Waals surface area contributed by atoms with Crippen LogP contribution in [0.1, 0.15) is 26.2 Å². The lowest BCUT2D eigenvalue weighted by molar-refractivity contribution is 0.111. The number of ether oxygens (including phenoxy) is 1. The van der Waals surface area contributed by atoms with Gasteiger partial charge in [0.1, 0.15) is 0 Å². The number of rotatable bonds is 3. The molecule has 1 saturated heterocycles. The monoisotopic (exact) mass is 157 g/mol. The normalized spacial score (nSPS) is 33.0. The van der Waals surface area contributed by atoms with Gasteiger partial charge in [0.25, 0.3) is 0 Å². The summed E-state index contributed by atoms with van der Waals surface area (Å²) in [5.41, 5.74) is 0. The SMILES string of the molecule is CCCC1C[C@@H](OC)CN1C. The molecule has 1 rings (SSSR count). The number of nitrogens with zero attached hydrogens (tertiary/aromatic N) is 1. The van der Waals surface area contributed by atoms with Crippen molar-refractivity contribution < 1.29 is 4.74 Å². The standard InChI is InChI=1S/C9H19NO/c1-4-5-8-6-9(11-3)7-10(8)2/h8-9H,4-7H2,1-3H3/t8?,9-/m1/s1. The molecule has 11 heavy (non-hydrogen) atoms. The molecule has 2 heteroatoms. The van der Waals surface area contributed by atoms with Crippen LogP contribution in [-0.2, 0) is 4.74 Å². The summed E-state index contributed by atoms with van der Waals surface area (Å²) in [4.78, 5) is 2.41. The highest BCUT2D eigenvalue weighted by atomic mass is 16.5. The van der Waals surface area contributed by atoms with E-state index in [0.717, 1.165) is 12.6 Å². The molecule has 1 aliphatic rings. The quantitative estimate of drug-likeness (QED) is 0.615. The Labute approximate surface area is 69.5 Å². The van der Waals surface area contributed by atoms with Crippen molar-refractivity contribution in [1.82, 2.24) is 4.90 Å². The first-order valence-electron chi connectivity index (χ1n) is 4.51. The van der Waals surface area contributed by atoms with Crippen molar-refractivity contribution >= 4 is 0 Å². The van der Waals surface area contributed by atoms with Crippen molar-refractivity contribution in [2.24, 2.45) is 0 Å². The van der Waals surface area contributed by atoms with Gasteiger partial charge in [-0.1, -0.05) is 13.3 Å². The first-order chi connectivity index (χ1) is 5.27. The van der Waals surface area contributed by atoms with Crippen LogP contribution in [0.25, 0.3) is 0 Å². The molecule has 0 amide bonds. The van der Waals surface area contributed by atoms with Gasteiger partial charge in [0.2, 0.25) is 0 Å². The molecule has 1 aliphatic heterocycles. The number of methoxy groups -OCH3 is 1.